The van der Waals surface area contributed by atoms with Gasteiger partial charge in [-0.3, -0.25) is 9.69 Å². The summed E-state index contributed by atoms with van der Waals surface area (Å²) >= 11 is 0. The molecule has 114 valence electrons. The summed E-state index contributed by atoms with van der Waals surface area (Å²) in [6.07, 6.45) is 2.73. The van der Waals surface area contributed by atoms with Gasteiger partial charge in [-0.15, -0.1) is 0 Å². The third-order valence-corrected chi connectivity index (χ3v) is 4.00. The Morgan fingerprint density at radius 2 is 2.29 bits per heavy atom. The lowest BCUT2D eigenvalue weighted by atomic mass is 9.97. The first kappa shape index (κ1) is 15.5. The van der Waals surface area contributed by atoms with E-state index in [1.165, 1.54) is 11.1 Å². The molecule has 0 radical (unpaired) electrons. The van der Waals surface area contributed by atoms with Gasteiger partial charge in [-0.05, 0) is 36.1 Å². The minimum absolute atomic E-state index is 0.0196. The molecular formula is C16H22N2O3. The monoisotopic (exact) mass is 290 g/mol. The van der Waals surface area contributed by atoms with E-state index < -0.39 is 0 Å². The fraction of sp³-hybridized carbons (Fsp3) is 0.500. The highest BCUT2D eigenvalue weighted by Crippen LogP contribution is 2.25. The van der Waals surface area contributed by atoms with Gasteiger partial charge in [0, 0.05) is 26.6 Å². The number of likely N-dealkylation sites (N-methyl/N-ethyl adjacent to an activating group) is 1. The summed E-state index contributed by atoms with van der Waals surface area (Å²) in [6.45, 7) is 1.55. The Balaban J connectivity index is 2.13. The van der Waals surface area contributed by atoms with E-state index in [0.717, 1.165) is 31.5 Å². The van der Waals surface area contributed by atoms with Gasteiger partial charge >= 0.3 is 0 Å². The highest BCUT2D eigenvalue weighted by Gasteiger charge is 2.28. The van der Waals surface area contributed by atoms with Gasteiger partial charge in [-0.2, -0.15) is 0 Å². The van der Waals surface area contributed by atoms with E-state index in [1.807, 2.05) is 6.07 Å². The van der Waals surface area contributed by atoms with Crippen LogP contribution in [0.25, 0.3) is 0 Å². The fourth-order valence-electron chi connectivity index (χ4n) is 2.82. The van der Waals surface area contributed by atoms with Crippen molar-refractivity contribution < 1.29 is 14.3 Å². The van der Waals surface area contributed by atoms with E-state index in [2.05, 4.69) is 22.3 Å². The van der Waals surface area contributed by atoms with E-state index in [0.29, 0.717) is 12.8 Å². The third-order valence-electron chi connectivity index (χ3n) is 4.00. The van der Waals surface area contributed by atoms with E-state index >= 15 is 0 Å². The number of methoxy groups -OCH3 is 1. The molecular weight excluding hydrogens is 268 g/mol. The van der Waals surface area contributed by atoms with Gasteiger partial charge in [0.2, 0.25) is 5.91 Å². The lowest BCUT2D eigenvalue weighted by molar-refractivity contribution is -0.126. The Bertz CT molecular complexity index is 516. The maximum absolute atomic E-state index is 12.0. The van der Waals surface area contributed by atoms with Crippen LogP contribution < -0.4 is 10.1 Å². The Morgan fingerprint density at radius 3 is 2.95 bits per heavy atom. The second kappa shape index (κ2) is 7.22. The lowest BCUT2D eigenvalue weighted by Gasteiger charge is -2.34. The van der Waals surface area contributed by atoms with Gasteiger partial charge in [0.1, 0.15) is 12.0 Å². The number of aldehydes is 1. The standard InChI is InChI=1S/C16H22N2O3/c1-17-16(20)15(4-3-9-19)18-8-7-12-10-14(21-2)6-5-13(12)11-18/h5-6,9-10,15H,3-4,7-8,11H2,1-2H3,(H,17,20). The van der Waals surface area contributed by atoms with Crippen molar-refractivity contribution >= 4 is 12.2 Å². The summed E-state index contributed by atoms with van der Waals surface area (Å²) in [6, 6.07) is 5.83. The first-order valence-electron chi connectivity index (χ1n) is 7.24. The number of amides is 1. The molecule has 1 aliphatic rings. The van der Waals surface area contributed by atoms with Crippen molar-refractivity contribution in [3.8, 4) is 5.75 Å². The molecule has 1 N–H and O–H groups in total. The summed E-state index contributed by atoms with van der Waals surface area (Å²) in [7, 11) is 3.30. The average molecular weight is 290 g/mol. The second-order valence-electron chi connectivity index (χ2n) is 5.23. The van der Waals surface area contributed by atoms with Crippen LogP contribution >= 0.6 is 0 Å². The zero-order chi connectivity index (χ0) is 15.2. The molecule has 0 spiro atoms. The van der Waals surface area contributed by atoms with Crippen LogP contribution in [-0.2, 0) is 22.6 Å². The molecule has 0 aliphatic carbocycles. The van der Waals surface area contributed by atoms with Gasteiger partial charge in [0.05, 0.1) is 13.2 Å². The highest BCUT2D eigenvalue weighted by molar-refractivity contribution is 5.81. The Labute approximate surface area is 125 Å². The molecule has 0 bridgehead atoms. The fourth-order valence-corrected chi connectivity index (χ4v) is 2.82. The van der Waals surface area contributed by atoms with E-state index in [9.17, 15) is 9.59 Å². The molecule has 1 aromatic carbocycles. The van der Waals surface area contributed by atoms with Crippen molar-refractivity contribution in [2.24, 2.45) is 0 Å². The van der Waals surface area contributed by atoms with Gasteiger partial charge < -0.3 is 14.8 Å². The number of hydrogen-bond acceptors (Lipinski definition) is 4. The van der Waals surface area contributed by atoms with Crippen molar-refractivity contribution in [3.63, 3.8) is 0 Å². The molecule has 5 nitrogen and oxygen atoms in total. The number of benzene rings is 1. The quantitative estimate of drug-likeness (QED) is 0.798. The molecule has 1 atom stereocenters. The van der Waals surface area contributed by atoms with Crippen molar-refractivity contribution in [1.29, 1.82) is 0 Å². The molecule has 0 saturated heterocycles. The Morgan fingerprint density at radius 1 is 1.48 bits per heavy atom. The maximum Gasteiger partial charge on any atom is 0.237 e. The van der Waals surface area contributed by atoms with E-state index in [4.69, 9.17) is 4.74 Å². The molecule has 0 aromatic heterocycles. The average Bonchev–Trinajstić information content (AvgIpc) is 2.54. The number of carbonyl (C=O) groups is 2. The molecule has 1 heterocycles. The lowest BCUT2D eigenvalue weighted by Crippen LogP contribution is -2.47. The number of rotatable bonds is 6. The first-order chi connectivity index (χ1) is 10.2. The van der Waals surface area contributed by atoms with Crippen LogP contribution in [0.1, 0.15) is 24.0 Å². The van der Waals surface area contributed by atoms with E-state index in [1.54, 1.807) is 14.2 Å². The Hall–Kier alpha value is -1.88. The van der Waals surface area contributed by atoms with Gasteiger partial charge in [0.15, 0.2) is 0 Å². The molecule has 1 amide bonds. The first-order valence-corrected chi connectivity index (χ1v) is 7.24. The van der Waals surface area contributed by atoms with Crippen molar-refractivity contribution in [2.75, 3.05) is 20.7 Å². The zero-order valence-corrected chi connectivity index (χ0v) is 12.6. The normalized spacial score (nSPS) is 15.9. The summed E-state index contributed by atoms with van der Waals surface area (Å²) in [5.74, 6) is 0.847. The number of ether oxygens (including phenoxy) is 1. The van der Waals surface area contributed by atoms with Crippen LogP contribution in [0.15, 0.2) is 18.2 Å². The molecule has 5 heteroatoms. The molecule has 0 saturated carbocycles. The van der Waals surface area contributed by atoms with Crippen LogP contribution in [0.4, 0.5) is 0 Å². The number of nitrogens with one attached hydrogen (secondary N) is 1. The van der Waals surface area contributed by atoms with Gasteiger partial charge in [0.25, 0.3) is 0 Å². The molecule has 1 unspecified atom stereocenters. The minimum Gasteiger partial charge on any atom is -0.497 e. The molecule has 0 fully saturated rings. The number of hydrogen-bond donors (Lipinski definition) is 1. The SMILES string of the molecule is CNC(=O)C(CCC=O)N1CCc2cc(OC)ccc2C1. The second-order valence-corrected chi connectivity index (χ2v) is 5.23. The van der Waals surface area contributed by atoms with Crippen LogP contribution in [0.2, 0.25) is 0 Å². The summed E-state index contributed by atoms with van der Waals surface area (Å²) in [5, 5.41) is 2.70. The molecule has 1 aliphatic heterocycles. The van der Waals surface area contributed by atoms with Crippen LogP contribution in [-0.4, -0.2) is 43.8 Å². The predicted octanol–water partition coefficient (Wildman–Crippen LogP) is 1.15. The number of fused-ring (bicyclic) bond motifs is 1. The molecule has 1 aromatic rings. The van der Waals surface area contributed by atoms with E-state index in [-0.39, 0.29) is 11.9 Å². The Kier molecular flexibility index (Phi) is 5.33. The smallest absolute Gasteiger partial charge is 0.237 e. The van der Waals surface area contributed by atoms with Crippen molar-refractivity contribution in [3.05, 3.63) is 29.3 Å². The molecule has 2 rings (SSSR count). The third kappa shape index (κ3) is 3.61. The predicted molar refractivity (Wildman–Crippen MR) is 80.3 cm³/mol. The number of carbonyl (C=O) groups excluding carboxylic acids is 2. The van der Waals surface area contributed by atoms with Crippen LogP contribution in [0.3, 0.4) is 0 Å². The van der Waals surface area contributed by atoms with Gasteiger partial charge in [-0.25, -0.2) is 0 Å². The number of nitrogens with zero attached hydrogens (tertiary/aromatic N) is 1. The summed E-state index contributed by atoms with van der Waals surface area (Å²) < 4.78 is 5.25. The van der Waals surface area contributed by atoms with Crippen LogP contribution in [0, 0.1) is 0 Å². The van der Waals surface area contributed by atoms with Crippen molar-refractivity contribution in [1.82, 2.24) is 10.2 Å². The van der Waals surface area contributed by atoms with Gasteiger partial charge in [-0.1, -0.05) is 6.07 Å². The largest absolute Gasteiger partial charge is 0.497 e. The zero-order valence-electron chi connectivity index (χ0n) is 12.6. The molecule has 21 heavy (non-hydrogen) atoms. The summed E-state index contributed by atoms with van der Waals surface area (Å²) in [4.78, 5) is 24.8. The minimum atomic E-state index is -0.240. The summed E-state index contributed by atoms with van der Waals surface area (Å²) in [5.41, 5.74) is 2.50. The van der Waals surface area contributed by atoms with Crippen LogP contribution in [0.5, 0.6) is 5.75 Å². The maximum atomic E-state index is 12.0. The highest BCUT2D eigenvalue weighted by atomic mass is 16.5. The topological polar surface area (TPSA) is 58.6 Å². The van der Waals surface area contributed by atoms with Crippen molar-refractivity contribution in [2.45, 2.75) is 31.8 Å².